The summed E-state index contributed by atoms with van der Waals surface area (Å²) >= 11 is 0. The Morgan fingerprint density at radius 3 is 2.33 bits per heavy atom. The minimum Gasteiger partial charge on any atom is -0.496 e. The molecule has 6 rings (SSSR count). The third-order valence-electron chi connectivity index (χ3n) is 10.3. The van der Waals surface area contributed by atoms with Crippen LogP contribution >= 0.6 is 0 Å². The first-order valence-electron chi connectivity index (χ1n) is 12.7. The highest BCUT2D eigenvalue weighted by Gasteiger charge is 2.66. The van der Waals surface area contributed by atoms with E-state index in [1.807, 2.05) is 0 Å². The van der Waals surface area contributed by atoms with Crippen molar-refractivity contribution in [2.24, 2.45) is 28.6 Å². The van der Waals surface area contributed by atoms with Crippen LogP contribution in [0.25, 0.3) is 0 Å². The average molecular weight is 453 g/mol. The number of rotatable bonds is 4. The Kier molecular flexibility index (Phi) is 5.19. The van der Waals surface area contributed by atoms with E-state index >= 15 is 0 Å². The highest BCUT2D eigenvalue weighted by atomic mass is 16.5. The summed E-state index contributed by atoms with van der Waals surface area (Å²) in [7, 11) is 5.14. The molecule has 4 nitrogen and oxygen atoms in total. The lowest BCUT2D eigenvalue weighted by Gasteiger charge is -2.66. The summed E-state index contributed by atoms with van der Waals surface area (Å²) in [5.41, 5.74) is 3.89. The van der Waals surface area contributed by atoms with Gasteiger partial charge in [0, 0.05) is 22.5 Å². The number of allylic oxidation sites excluding steroid dienone is 2. The summed E-state index contributed by atoms with van der Waals surface area (Å²) in [4.78, 5) is 13.1. The SMILES string of the molecule is COC(=O)[C@]1(C)CCC[C@@]2(C)[C@H]1CC[C@@]13C=C(C(C)C)[C@@H](C[C@@H]21)c1c(OC)ccc(OC)c13. The van der Waals surface area contributed by atoms with Crippen LogP contribution in [0, 0.1) is 28.6 Å². The van der Waals surface area contributed by atoms with Crippen LogP contribution in [0.2, 0.25) is 0 Å². The normalized spacial score (nSPS) is 38.7. The van der Waals surface area contributed by atoms with Crippen LogP contribution in [0.15, 0.2) is 23.8 Å². The first kappa shape index (κ1) is 22.8. The van der Waals surface area contributed by atoms with Crippen LogP contribution in [0.5, 0.6) is 11.5 Å². The molecule has 1 spiro atoms. The van der Waals surface area contributed by atoms with Crippen molar-refractivity contribution in [3.63, 3.8) is 0 Å². The molecule has 5 aliphatic carbocycles. The number of esters is 1. The van der Waals surface area contributed by atoms with E-state index in [2.05, 4.69) is 45.9 Å². The van der Waals surface area contributed by atoms with Gasteiger partial charge in [0.2, 0.25) is 0 Å². The molecule has 4 heteroatoms. The second-order valence-corrected chi connectivity index (χ2v) is 11.8. The van der Waals surface area contributed by atoms with E-state index < -0.39 is 5.41 Å². The Morgan fingerprint density at radius 1 is 1.00 bits per heavy atom. The lowest BCUT2D eigenvalue weighted by atomic mass is 9.37. The second kappa shape index (κ2) is 7.52. The number of fused-ring (bicyclic) bond motifs is 1. The Bertz CT molecular complexity index is 1010. The number of methoxy groups -OCH3 is 3. The topological polar surface area (TPSA) is 44.8 Å². The van der Waals surface area contributed by atoms with Crippen LogP contribution in [-0.2, 0) is 14.9 Å². The van der Waals surface area contributed by atoms with Gasteiger partial charge in [0.1, 0.15) is 11.5 Å². The molecule has 5 aliphatic rings. The van der Waals surface area contributed by atoms with Crippen molar-refractivity contribution in [1.82, 2.24) is 0 Å². The van der Waals surface area contributed by atoms with Gasteiger partial charge in [0.15, 0.2) is 0 Å². The highest BCUT2D eigenvalue weighted by molar-refractivity contribution is 5.77. The predicted molar refractivity (Wildman–Crippen MR) is 130 cm³/mol. The Hall–Kier alpha value is -1.97. The van der Waals surface area contributed by atoms with Crippen molar-refractivity contribution >= 4 is 5.97 Å². The first-order valence-corrected chi connectivity index (χ1v) is 12.7. The largest absolute Gasteiger partial charge is 0.496 e. The van der Waals surface area contributed by atoms with E-state index in [4.69, 9.17) is 14.2 Å². The lowest BCUT2D eigenvalue weighted by molar-refractivity contribution is -0.175. The molecule has 1 aromatic rings. The summed E-state index contributed by atoms with van der Waals surface area (Å²) in [6.07, 6.45) is 9.05. The molecule has 33 heavy (non-hydrogen) atoms. The van der Waals surface area contributed by atoms with E-state index in [0.717, 1.165) is 43.6 Å². The van der Waals surface area contributed by atoms with Gasteiger partial charge in [-0.15, -0.1) is 0 Å². The number of carbonyl (C=O) groups is 1. The van der Waals surface area contributed by atoms with Crippen LogP contribution in [0.3, 0.4) is 0 Å². The second-order valence-electron chi connectivity index (χ2n) is 11.8. The van der Waals surface area contributed by atoms with Gasteiger partial charge in [-0.1, -0.05) is 38.8 Å². The predicted octanol–water partition coefficient (Wildman–Crippen LogP) is 6.42. The van der Waals surface area contributed by atoms with Crippen LogP contribution in [-0.4, -0.2) is 27.3 Å². The zero-order chi connectivity index (χ0) is 23.8. The summed E-state index contributed by atoms with van der Waals surface area (Å²) in [6, 6.07) is 4.19. The fourth-order valence-corrected chi connectivity index (χ4v) is 9.00. The maximum absolute atomic E-state index is 13.1. The van der Waals surface area contributed by atoms with Crippen molar-refractivity contribution in [2.75, 3.05) is 21.3 Å². The summed E-state index contributed by atoms with van der Waals surface area (Å²) in [5.74, 6) is 3.64. The average Bonchev–Trinajstić information content (AvgIpc) is 2.82. The van der Waals surface area contributed by atoms with Crippen molar-refractivity contribution in [1.29, 1.82) is 0 Å². The maximum atomic E-state index is 13.1. The molecule has 0 aliphatic heterocycles. The number of hydrogen-bond acceptors (Lipinski definition) is 4. The molecule has 2 fully saturated rings. The minimum atomic E-state index is -0.397. The van der Waals surface area contributed by atoms with Gasteiger partial charge in [-0.05, 0) is 74.3 Å². The van der Waals surface area contributed by atoms with E-state index in [-0.39, 0.29) is 16.8 Å². The number of ether oxygens (including phenoxy) is 3. The summed E-state index contributed by atoms with van der Waals surface area (Å²) in [6.45, 7) is 9.31. The summed E-state index contributed by atoms with van der Waals surface area (Å²) in [5, 5.41) is 0. The van der Waals surface area contributed by atoms with Crippen LogP contribution < -0.4 is 9.47 Å². The van der Waals surface area contributed by atoms with E-state index in [0.29, 0.717) is 23.7 Å². The molecular formula is C29H40O4. The Morgan fingerprint density at radius 2 is 1.70 bits per heavy atom. The fourth-order valence-electron chi connectivity index (χ4n) is 9.00. The van der Waals surface area contributed by atoms with Crippen molar-refractivity contribution in [3.8, 4) is 11.5 Å². The molecule has 0 saturated heterocycles. The van der Waals surface area contributed by atoms with Crippen molar-refractivity contribution < 1.29 is 19.0 Å². The Labute approximate surface area is 199 Å². The van der Waals surface area contributed by atoms with E-state index in [1.165, 1.54) is 17.5 Å². The molecule has 0 amide bonds. The molecule has 2 bridgehead atoms. The van der Waals surface area contributed by atoms with Crippen LogP contribution in [0.4, 0.5) is 0 Å². The van der Waals surface area contributed by atoms with Gasteiger partial charge in [-0.3, -0.25) is 4.79 Å². The van der Waals surface area contributed by atoms with Gasteiger partial charge < -0.3 is 14.2 Å². The summed E-state index contributed by atoms with van der Waals surface area (Å²) < 4.78 is 17.3. The number of hydrogen-bond donors (Lipinski definition) is 0. The monoisotopic (exact) mass is 452 g/mol. The Balaban J connectivity index is 1.73. The van der Waals surface area contributed by atoms with Gasteiger partial charge in [-0.2, -0.15) is 0 Å². The van der Waals surface area contributed by atoms with Gasteiger partial charge >= 0.3 is 5.97 Å². The molecule has 0 N–H and O–H groups in total. The molecule has 0 heterocycles. The molecule has 6 atom stereocenters. The molecule has 0 aromatic heterocycles. The standard InChI is InChI=1S/C29H40O4/c1-17(2)19-16-29-14-11-22-27(3,12-8-13-28(22,4)26(30)33-7)23(29)15-18(19)24-20(31-5)9-10-21(32-6)25(24)29/h9-10,16-18,22-23H,8,11-15H2,1-7H3/t18-,22-,23+,27+,28-,29-/m1/s1. The van der Waals surface area contributed by atoms with Gasteiger partial charge in [-0.25, -0.2) is 0 Å². The van der Waals surface area contributed by atoms with Crippen molar-refractivity contribution in [3.05, 3.63) is 34.9 Å². The van der Waals surface area contributed by atoms with Gasteiger partial charge in [0.05, 0.1) is 26.7 Å². The molecule has 0 unspecified atom stereocenters. The third-order valence-corrected chi connectivity index (χ3v) is 10.3. The molecule has 1 aromatic carbocycles. The van der Waals surface area contributed by atoms with E-state index in [9.17, 15) is 4.79 Å². The van der Waals surface area contributed by atoms with Crippen molar-refractivity contribution in [2.45, 2.75) is 77.6 Å². The quantitative estimate of drug-likeness (QED) is 0.390. The van der Waals surface area contributed by atoms with Crippen LogP contribution in [0.1, 0.15) is 83.3 Å². The minimum absolute atomic E-state index is 0.0200. The molecule has 180 valence electrons. The lowest BCUT2D eigenvalue weighted by Crippen LogP contribution is -2.62. The smallest absolute Gasteiger partial charge is 0.311 e. The zero-order valence-electron chi connectivity index (χ0n) is 21.4. The van der Waals surface area contributed by atoms with E-state index in [1.54, 1.807) is 26.9 Å². The highest BCUT2D eigenvalue weighted by Crippen LogP contribution is 2.73. The number of benzene rings is 1. The molecule has 2 saturated carbocycles. The fraction of sp³-hybridized carbons (Fsp3) is 0.690. The molecular weight excluding hydrogens is 412 g/mol. The third kappa shape index (κ3) is 2.79. The van der Waals surface area contributed by atoms with Gasteiger partial charge in [0.25, 0.3) is 0 Å². The maximum Gasteiger partial charge on any atom is 0.311 e. The first-order chi connectivity index (χ1) is 15.7. The zero-order valence-corrected chi connectivity index (χ0v) is 21.4. The molecule has 0 radical (unpaired) electrons. The number of carbonyl (C=O) groups excluding carboxylic acids is 1.